The van der Waals surface area contributed by atoms with Crippen molar-refractivity contribution >= 4 is 85.4 Å². The second-order valence-electron chi connectivity index (χ2n) is 17.1. The van der Waals surface area contributed by atoms with Gasteiger partial charge in [-0.3, -0.25) is 0 Å². The maximum atomic E-state index is 2.47. The molecular weight excluding hydrogens is 741 g/mol. The van der Waals surface area contributed by atoms with Gasteiger partial charge in [-0.1, -0.05) is 184 Å². The van der Waals surface area contributed by atoms with E-state index in [4.69, 9.17) is 0 Å². The molecule has 0 nitrogen and oxygen atoms in total. The lowest BCUT2D eigenvalue weighted by atomic mass is 9.80. The molecule has 60 heavy (non-hydrogen) atoms. The largest absolute Gasteiger partial charge is 0.135 e. The van der Waals surface area contributed by atoms with E-state index in [1.165, 1.54) is 130 Å². The molecule has 0 atom stereocenters. The number of hydrogen-bond acceptors (Lipinski definition) is 1. The van der Waals surface area contributed by atoms with E-state index in [1.54, 1.807) is 0 Å². The highest BCUT2D eigenvalue weighted by Crippen LogP contribution is 2.54. The molecule has 0 radical (unpaired) electrons. The molecule has 1 aromatic heterocycles. The minimum absolute atomic E-state index is 0.126. The lowest BCUT2D eigenvalue weighted by molar-refractivity contribution is 0.666. The fourth-order valence-corrected chi connectivity index (χ4v) is 12.1. The molecule has 0 fully saturated rings. The van der Waals surface area contributed by atoms with Gasteiger partial charge in [0.2, 0.25) is 0 Å². The van der Waals surface area contributed by atoms with E-state index in [1.807, 2.05) is 11.3 Å². The summed E-state index contributed by atoms with van der Waals surface area (Å²) in [7, 11) is 0. The molecule has 0 aliphatic heterocycles. The Morgan fingerprint density at radius 3 is 1.58 bits per heavy atom. The average Bonchev–Trinajstić information content (AvgIpc) is 3.77. The van der Waals surface area contributed by atoms with Crippen LogP contribution in [0.1, 0.15) is 25.0 Å². The van der Waals surface area contributed by atoms with Crippen molar-refractivity contribution in [3.8, 4) is 44.5 Å². The van der Waals surface area contributed by atoms with Gasteiger partial charge in [0.25, 0.3) is 0 Å². The summed E-state index contributed by atoms with van der Waals surface area (Å²) >= 11 is 1.91. The number of thiophene rings is 1. The Morgan fingerprint density at radius 2 is 0.867 bits per heavy atom. The Kier molecular flexibility index (Phi) is 7.04. The van der Waals surface area contributed by atoms with Crippen LogP contribution in [0.2, 0.25) is 0 Å². The van der Waals surface area contributed by atoms with Crippen LogP contribution < -0.4 is 0 Å². The van der Waals surface area contributed by atoms with Crippen molar-refractivity contribution < 1.29 is 0 Å². The normalized spacial score (nSPS) is 13.3. The Bertz CT molecular complexity index is 3740. The topological polar surface area (TPSA) is 0 Å². The van der Waals surface area contributed by atoms with Gasteiger partial charge in [-0.15, -0.1) is 11.3 Å². The molecule has 11 aromatic carbocycles. The smallest absolute Gasteiger partial charge is 0.0361 e. The highest BCUT2D eigenvalue weighted by atomic mass is 32.1. The first-order valence-electron chi connectivity index (χ1n) is 21.0. The molecule has 1 aliphatic rings. The minimum Gasteiger partial charge on any atom is -0.135 e. The van der Waals surface area contributed by atoms with Crippen LogP contribution in [0.25, 0.3) is 119 Å². The van der Waals surface area contributed by atoms with E-state index in [0.29, 0.717) is 0 Å². The van der Waals surface area contributed by atoms with Crippen molar-refractivity contribution in [1.29, 1.82) is 0 Å². The van der Waals surface area contributed by atoms with Gasteiger partial charge in [-0.2, -0.15) is 0 Å². The first-order chi connectivity index (χ1) is 29.5. The van der Waals surface area contributed by atoms with Crippen molar-refractivity contribution in [3.05, 3.63) is 205 Å². The van der Waals surface area contributed by atoms with Crippen LogP contribution >= 0.6 is 11.3 Å². The predicted octanol–water partition coefficient (Wildman–Crippen LogP) is 17.1. The molecule has 0 bridgehead atoms. The summed E-state index contributed by atoms with van der Waals surface area (Å²) in [6, 6.07) is 73.0. The zero-order chi connectivity index (χ0) is 39.7. The van der Waals surface area contributed by atoms with Gasteiger partial charge in [-0.05, 0) is 134 Å². The summed E-state index contributed by atoms with van der Waals surface area (Å²) in [5, 5.41) is 15.6. The number of rotatable bonds is 3. The molecule has 0 spiro atoms. The molecule has 0 amide bonds. The van der Waals surface area contributed by atoms with E-state index in [9.17, 15) is 0 Å². The Morgan fingerprint density at radius 1 is 0.317 bits per heavy atom. The SMILES string of the molecule is CC1(C)c2ccc(-c3ccc(-c4c5ccccc5c(-c5cccc6ccccc56)c5ccccc45)c4ccccc34)cc2-c2ccc3cc4c(cc3c21)sc1ccccc14. The standard InChI is InChI=1S/C59H38S/c1-59(2)53-31-27-36(32-51(53)49-28-26-37-33-52-42-19-11-12-25-54(42)60-55(52)34-50(37)58(49)59)39-29-30-48(41-18-6-5-17-40(39)41)57-46-22-9-7-20-44(46)56(45-21-8-10-23-47(45)57)43-24-13-15-35-14-3-4-16-38(35)43/h3-34H,1-2H3. The van der Waals surface area contributed by atoms with Crippen LogP contribution in [0.4, 0.5) is 0 Å². The van der Waals surface area contributed by atoms with Gasteiger partial charge in [0.05, 0.1) is 0 Å². The number of benzene rings is 11. The molecule has 12 aromatic rings. The minimum atomic E-state index is -0.126. The molecule has 0 N–H and O–H groups in total. The van der Waals surface area contributed by atoms with E-state index < -0.39 is 0 Å². The molecule has 0 saturated carbocycles. The van der Waals surface area contributed by atoms with E-state index in [-0.39, 0.29) is 5.41 Å². The van der Waals surface area contributed by atoms with Gasteiger partial charge >= 0.3 is 0 Å². The van der Waals surface area contributed by atoms with Gasteiger partial charge < -0.3 is 0 Å². The van der Waals surface area contributed by atoms with Crippen LogP contribution in [-0.2, 0) is 5.41 Å². The first kappa shape index (κ1) is 33.9. The summed E-state index contributed by atoms with van der Waals surface area (Å²) in [6.45, 7) is 4.83. The molecule has 13 rings (SSSR count). The van der Waals surface area contributed by atoms with E-state index >= 15 is 0 Å². The van der Waals surface area contributed by atoms with Crippen molar-refractivity contribution in [1.82, 2.24) is 0 Å². The van der Waals surface area contributed by atoms with Gasteiger partial charge in [0.15, 0.2) is 0 Å². The summed E-state index contributed by atoms with van der Waals surface area (Å²) in [5.74, 6) is 0. The lowest BCUT2D eigenvalue weighted by Crippen LogP contribution is -2.15. The quantitative estimate of drug-likeness (QED) is 0.157. The van der Waals surface area contributed by atoms with Gasteiger partial charge in [-0.25, -0.2) is 0 Å². The van der Waals surface area contributed by atoms with Crippen LogP contribution in [0.3, 0.4) is 0 Å². The summed E-state index contributed by atoms with van der Waals surface area (Å²) in [5.41, 5.74) is 13.1. The zero-order valence-corrected chi connectivity index (χ0v) is 34.2. The Hall–Kier alpha value is -7.06. The predicted molar refractivity (Wildman–Crippen MR) is 261 cm³/mol. The monoisotopic (exact) mass is 778 g/mol. The fraction of sp³-hybridized carbons (Fsp3) is 0.0508. The maximum absolute atomic E-state index is 2.47. The van der Waals surface area contributed by atoms with Crippen LogP contribution in [-0.4, -0.2) is 0 Å². The molecule has 0 saturated heterocycles. The number of fused-ring (bicyclic) bond motifs is 12. The third-order valence-corrected chi connectivity index (χ3v) is 14.8. The van der Waals surface area contributed by atoms with Crippen LogP contribution in [0.15, 0.2) is 194 Å². The number of hydrogen-bond donors (Lipinski definition) is 0. The van der Waals surface area contributed by atoms with Crippen LogP contribution in [0.5, 0.6) is 0 Å². The summed E-state index contributed by atoms with van der Waals surface area (Å²) in [4.78, 5) is 0. The van der Waals surface area contributed by atoms with Crippen molar-refractivity contribution in [2.24, 2.45) is 0 Å². The Labute approximate surface area is 352 Å². The zero-order valence-electron chi connectivity index (χ0n) is 33.4. The fourth-order valence-electron chi connectivity index (χ4n) is 11.0. The summed E-state index contributed by atoms with van der Waals surface area (Å²) < 4.78 is 2.71. The highest BCUT2D eigenvalue weighted by molar-refractivity contribution is 7.25. The van der Waals surface area contributed by atoms with Crippen molar-refractivity contribution in [2.45, 2.75) is 19.3 Å². The molecule has 1 heterocycles. The molecule has 1 heteroatoms. The second kappa shape index (κ2) is 12.5. The third kappa shape index (κ3) is 4.67. The van der Waals surface area contributed by atoms with E-state index in [0.717, 1.165) is 0 Å². The summed E-state index contributed by atoms with van der Waals surface area (Å²) in [6.07, 6.45) is 0. The molecular formula is C59H38S. The third-order valence-electron chi connectivity index (χ3n) is 13.6. The molecule has 1 aliphatic carbocycles. The lowest BCUT2D eigenvalue weighted by Gasteiger charge is -2.23. The van der Waals surface area contributed by atoms with Crippen molar-refractivity contribution in [3.63, 3.8) is 0 Å². The second-order valence-corrected chi connectivity index (χ2v) is 18.2. The van der Waals surface area contributed by atoms with Crippen LogP contribution in [0, 0.1) is 0 Å². The maximum Gasteiger partial charge on any atom is 0.0361 e. The van der Waals surface area contributed by atoms with Gasteiger partial charge in [0, 0.05) is 25.6 Å². The van der Waals surface area contributed by atoms with Gasteiger partial charge in [0.1, 0.15) is 0 Å². The average molecular weight is 779 g/mol. The molecule has 0 unspecified atom stereocenters. The first-order valence-corrected chi connectivity index (χ1v) is 21.8. The highest BCUT2D eigenvalue weighted by Gasteiger charge is 2.37. The van der Waals surface area contributed by atoms with Crippen molar-refractivity contribution in [2.75, 3.05) is 0 Å². The van der Waals surface area contributed by atoms with E-state index in [2.05, 4.69) is 208 Å². The molecule has 280 valence electrons. The Balaban J connectivity index is 1.01.